The molecule has 0 saturated carbocycles. The highest BCUT2D eigenvalue weighted by molar-refractivity contribution is 9.10. The molecule has 0 spiro atoms. The van der Waals surface area contributed by atoms with E-state index in [1.807, 2.05) is 0 Å². The summed E-state index contributed by atoms with van der Waals surface area (Å²) in [4.78, 5) is 0. The van der Waals surface area contributed by atoms with Gasteiger partial charge >= 0.3 is 0 Å². The molecule has 3 heteroatoms. The van der Waals surface area contributed by atoms with E-state index < -0.39 is 0 Å². The molecule has 0 unspecified atom stereocenters. The lowest BCUT2D eigenvalue weighted by Gasteiger charge is -1.99. The number of halogens is 2. The third kappa shape index (κ3) is 1.13. The van der Waals surface area contributed by atoms with Crippen molar-refractivity contribution in [1.82, 2.24) is 0 Å². The number of hydrogen-bond donors (Lipinski definition) is 0. The maximum Gasteiger partial charge on any atom is 0.141 e. The Bertz CT molecular complexity index is 269. The first kappa shape index (κ1) is 7.10. The van der Waals surface area contributed by atoms with Crippen molar-refractivity contribution in [1.29, 1.82) is 0 Å². The summed E-state index contributed by atoms with van der Waals surface area (Å²) >= 11 is 3.12. The van der Waals surface area contributed by atoms with Crippen LogP contribution >= 0.6 is 15.9 Å². The van der Waals surface area contributed by atoms with Gasteiger partial charge in [0.05, 0.1) is 11.1 Å². The van der Waals surface area contributed by atoms with Crippen LogP contribution in [-0.2, 0) is 6.42 Å². The van der Waals surface area contributed by atoms with Crippen LogP contribution in [0.15, 0.2) is 16.6 Å². The average molecular weight is 217 g/mol. The van der Waals surface area contributed by atoms with Gasteiger partial charge in [0.25, 0.3) is 0 Å². The van der Waals surface area contributed by atoms with Crippen LogP contribution in [0.5, 0.6) is 5.75 Å². The number of fused-ring (bicyclic) bond motifs is 1. The Morgan fingerprint density at radius 2 is 2.27 bits per heavy atom. The van der Waals surface area contributed by atoms with Gasteiger partial charge in [-0.1, -0.05) is 0 Å². The van der Waals surface area contributed by atoms with Crippen molar-refractivity contribution in [3.63, 3.8) is 0 Å². The first-order valence-corrected chi connectivity index (χ1v) is 4.17. The summed E-state index contributed by atoms with van der Waals surface area (Å²) in [5.41, 5.74) is 1.08. The molecule has 1 heterocycles. The predicted octanol–water partition coefficient (Wildman–Crippen LogP) is 2.52. The summed E-state index contributed by atoms with van der Waals surface area (Å²) in [5.74, 6) is 0.427. The summed E-state index contributed by atoms with van der Waals surface area (Å²) < 4.78 is 18.5. The Kier molecular flexibility index (Phi) is 1.60. The second kappa shape index (κ2) is 2.48. The number of rotatable bonds is 0. The second-order valence-electron chi connectivity index (χ2n) is 2.47. The van der Waals surface area contributed by atoms with Crippen LogP contribution in [0, 0.1) is 5.82 Å². The molecule has 1 nitrogen and oxygen atoms in total. The molecule has 1 aromatic rings. The van der Waals surface area contributed by atoms with Crippen LogP contribution in [0.3, 0.4) is 0 Å². The van der Waals surface area contributed by atoms with Crippen molar-refractivity contribution < 1.29 is 9.13 Å². The number of hydrogen-bond acceptors (Lipinski definition) is 1. The van der Waals surface area contributed by atoms with E-state index in [2.05, 4.69) is 15.9 Å². The van der Waals surface area contributed by atoms with Crippen LogP contribution in [0.4, 0.5) is 4.39 Å². The second-order valence-corrected chi connectivity index (χ2v) is 3.33. The van der Waals surface area contributed by atoms with E-state index in [0.29, 0.717) is 16.8 Å². The van der Waals surface area contributed by atoms with Gasteiger partial charge in [-0.25, -0.2) is 4.39 Å². The number of benzene rings is 1. The molecule has 1 aliphatic heterocycles. The van der Waals surface area contributed by atoms with Gasteiger partial charge in [0, 0.05) is 12.5 Å². The first-order valence-electron chi connectivity index (χ1n) is 3.38. The van der Waals surface area contributed by atoms with Gasteiger partial charge in [0.15, 0.2) is 0 Å². The lowest BCUT2D eigenvalue weighted by atomic mass is 10.2. The van der Waals surface area contributed by atoms with E-state index in [1.165, 1.54) is 6.07 Å². The Labute approximate surface area is 72.3 Å². The molecule has 0 bridgehead atoms. The minimum absolute atomic E-state index is 0.259. The Morgan fingerprint density at radius 1 is 1.45 bits per heavy atom. The average Bonchev–Trinajstić information content (AvgIpc) is 2.36. The van der Waals surface area contributed by atoms with Crippen molar-refractivity contribution >= 4 is 15.9 Å². The van der Waals surface area contributed by atoms with Gasteiger partial charge in [-0.2, -0.15) is 0 Å². The fraction of sp³-hybridized carbons (Fsp3) is 0.250. The standard InChI is InChI=1S/C8H6BrFO/c9-6-3-5-1-2-11-8(5)4-7(6)10/h3-4H,1-2H2. The Balaban J connectivity index is 2.57. The monoisotopic (exact) mass is 216 g/mol. The summed E-state index contributed by atoms with van der Waals surface area (Å²) in [6.45, 7) is 0.672. The van der Waals surface area contributed by atoms with Crippen LogP contribution in [0.25, 0.3) is 0 Å². The van der Waals surface area contributed by atoms with E-state index in [1.54, 1.807) is 6.07 Å². The molecule has 0 fully saturated rings. The topological polar surface area (TPSA) is 9.23 Å². The van der Waals surface area contributed by atoms with Crippen LogP contribution in [0.1, 0.15) is 5.56 Å². The van der Waals surface area contributed by atoms with Gasteiger partial charge in [-0.3, -0.25) is 0 Å². The third-order valence-electron chi connectivity index (χ3n) is 1.73. The Morgan fingerprint density at radius 3 is 3.09 bits per heavy atom. The molecule has 0 radical (unpaired) electrons. The molecule has 0 N–H and O–H groups in total. The highest BCUT2D eigenvalue weighted by atomic mass is 79.9. The molecule has 0 saturated heterocycles. The zero-order valence-corrected chi connectivity index (χ0v) is 7.32. The SMILES string of the molecule is Fc1cc2c(cc1Br)CCO2. The maximum absolute atomic E-state index is 12.8. The van der Waals surface area contributed by atoms with Gasteiger partial charge in [-0.15, -0.1) is 0 Å². The molecule has 11 heavy (non-hydrogen) atoms. The van der Waals surface area contributed by atoms with Crippen molar-refractivity contribution in [3.8, 4) is 5.75 Å². The zero-order chi connectivity index (χ0) is 7.84. The van der Waals surface area contributed by atoms with E-state index in [-0.39, 0.29) is 5.82 Å². The summed E-state index contributed by atoms with van der Waals surface area (Å²) in [6, 6.07) is 3.20. The smallest absolute Gasteiger partial charge is 0.141 e. The van der Waals surface area contributed by atoms with Crippen LogP contribution in [-0.4, -0.2) is 6.61 Å². The highest BCUT2D eigenvalue weighted by Gasteiger charge is 2.14. The molecule has 2 rings (SSSR count). The lowest BCUT2D eigenvalue weighted by molar-refractivity contribution is 0.355. The van der Waals surface area contributed by atoms with Gasteiger partial charge in [0.1, 0.15) is 11.6 Å². The fourth-order valence-corrected chi connectivity index (χ4v) is 1.56. The summed E-state index contributed by atoms with van der Waals surface area (Å²) in [6.07, 6.45) is 0.883. The summed E-state index contributed by atoms with van der Waals surface area (Å²) in [7, 11) is 0. The van der Waals surface area contributed by atoms with E-state index >= 15 is 0 Å². The van der Waals surface area contributed by atoms with E-state index in [9.17, 15) is 4.39 Å². The summed E-state index contributed by atoms with van der Waals surface area (Å²) in [5, 5.41) is 0. The fourth-order valence-electron chi connectivity index (χ4n) is 1.17. The highest BCUT2D eigenvalue weighted by Crippen LogP contribution is 2.30. The zero-order valence-electron chi connectivity index (χ0n) is 5.73. The molecule has 0 atom stereocenters. The molecular formula is C8H6BrFO. The van der Waals surface area contributed by atoms with Crippen molar-refractivity contribution in [3.05, 3.63) is 28.0 Å². The molecule has 58 valence electrons. The molecular weight excluding hydrogens is 211 g/mol. The van der Waals surface area contributed by atoms with Crippen LogP contribution < -0.4 is 4.74 Å². The molecule has 0 aliphatic carbocycles. The maximum atomic E-state index is 12.8. The number of ether oxygens (including phenoxy) is 1. The normalized spacial score (nSPS) is 14.4. The molecule has 0 amide bonds. The quantitative estimate of drug-likeness (QED) is 0.648. The van der Waals surface area contributed by atoms with Crippen molar-refractivity contribution in [2.75, 3.05) is 6.61 Å². The third-order valence-corrected chi connectivity index (χ3v) is 2.34. The lowest BCUT2D eigenvalue weighted by Crippen LogP contribution is -1.86. The van der Waals surface area contributed by atoms with Gasteiger partial charge < -0.3 is 4.74 Å². The van der Waals surface area contributed by atoms with Crippen molar-refractivity contribution in [2.45, 2.75) is 6.42 Å². The molecule has 0 aromatic heterocycles. The van der Waals surface area contributed by atoms with E-state index in [0.717, 1.165) is 12.0 Å². The first-order chi connectivity index (χ1) is 5.27. The van der Waals surface area contributed by atoms with Crippen LogP contribution in [0.2, 0.25) is 0 Å². The van der Waals surface area contributed by atoms with E-state index in [4.69, 9.17) is 4.74 Å². The molecule has 1 aliphatic rings. The minimum Gasteiger partial charge on any atom is -0.493 e. The van der Waals surface area contributed by atoms with Gasteiger partial charge in [-0.05, 0) is 27.6 Å². The minimum atomic E-state index is -0.259. The van der Waals surface area contributed by atoms with Gasteiger partial charge in [0.2, 0.25) is 0 Å². The van der Waals surface area contributed by atoms with Crippen molar-refractivity contribution in [2.24, 2.45) is 0 Å². The Hall–Kier alpha value is -0.570. The molecule has 1 aromatic carbocycles. The predicted molar refractivity (Wildman–Crippen MR) is 43.3 cm³/mol. The largest absolute Gasteiger partial charge is 0.493 e.